The van der Waals surface area contributed by atoms with Crippen molar-refractivity contribution in [3.63, 3.8) is 0 Å². The first kappa shape index (κ1) is 24.0. The van der Waals surface area contributed by atoms with Crippen LogP contribution >= 0.6 is 24.0 Å². The maximum absolute atomic E-state index is 12.8. The molecule has 1 heterocycles. The molecule has 1 fully saturated rings. The van der Waals surface area contributed by atoms with Crippen molar-refractivity contribution in [2.24, 2.45) is 4.99 Å². The highest BCUT2D eigenvalue weighted by atomic mass is 127. The number of rotatable bonds is 7. The first-order valence-corrected chi connectivity index (χ1v) is 8.97. The number of nitrogens with one attached hydrogen (secondary N) is 2. The molecule has 9 heteroatoms. The Kier molecular flexibility index (Phi) is 11.0. The highest BCUT2D eigenvalue weighted by Crippen LogP contribution is 2.29. The van der Waals surface area contributed by atoms with E-state index in [2.05, 4.69) is 20.5 Å². The molecule has 1 aliphatic heterocycles. The zero-order valence-electron chi connectivity index (χ0n) is 15.5. The standard InChI is InChI=1S/C18H27F3N4O.HI/c1-2-22-17(23-7-4-8-25-9-11-26-12-10-25)24-14-15-5-3-6-16(13-15)18(19,20)21;/h3,5-6,13H,2,4,7-12,14H2,1H3,(H2,22,23,24);1H. The fraction of sp³-hybridized carbons (Fsp3) is 0.611. The van der Waals surface area contributed by atoms with Gasteiger partial charge >= 0.3 is 6.18 Å². The molecule has 0 unspecified atom stereocenters. The molecule has 1 aromatic rings. The van der Waals surface area contributed by atoms with Crippen LogP contribution in [0.2, 0.25) is 0 Å². The van der Waals surface area contributed by atoms with Crippen molar-refractivity contribution in [2.75, 3.05) is 45.9 Å². The highest BCUT2D eigenvalue weighted by molar-refractivity contribution is 14.0. The Morgan fingerprint density at radius 2 is 1.96 bits per heavy atom. The van der Waals surface area contributed by atoms with Gasteiger partial charge in [0, 0.05) is 26.2 Å². The number of ether oxygens (including phenoxy) is 1. The topological polar surface area (TPSA) is 48.9 Å². The van der Waals surface area contributed by atoms with Crippen LogP contribution < -0.4 is 10.6 Å². The minimum absolute atomic E-state index is 0. The average molecular weight is 500 g/mol. The monoisotopic (exact) mass is 500 g/mol. The Morgan fingerprint density at radius 3 is 2.63 bits per heavy atom. The van der Waals surface area contributed by atoms with Crippen LogP contribution in [-0.2, 0) is 17.5 Å². The number of nitrogens with zero attached hydrogens (tertiary/aromatic N) is 2. The molecule has 27 heavy (non-hydrogen) atoms. The molecule has 1 aliphatic rings. The first-order chi connectivity index (χ1) is 12.5. The quantitative estimate of drug-likeness (QED) is 0.262. The zero-order valence-corrected chi connectivity index (χ0v) is 17.8. The Bertz CT molecular complexity index is 578. The van der Waals surface area contributed by atoms with Gasteiger partial charge in [0.25, 0.3) is 0 Å². The number of alkyl halides is 3. The van der Waals surface area contributed by atoms with Crippen molar-refractivity contribution < 1.29 is 17.9 Å². The van der Waals surface area contributed by atoms with Crippen molar-refractivity contribution >= 4 is 29.9 Å². The molecule has 0 aromatic heterocycles. The summed E-state index contributed by atoms with van der Waals surface area (Å²) in [6, 6.07) is 5.28. The number of benzene rings is 1. The SMILES string of the molecule is CCNC(=NCc1cccc(C(F)(F)F)c1)NCCCN1CCOCC1.I. The lowest BCUT2D eigenvalue weighted by Crippen LogP contribution is -2.40. The average Bonchev–Trinajstić information content (AvgIpc) is 2.63. The number of guanidine groups is 1. The Labute approximate surface area is 175 Å². The van der Waals surface area contributed by atoms with Gasteiger partial charge in [0.05, 0.1) is 25.3 Å². The van der Waals surface area contributed by atoms with Gasteiger partial charge in [0.2, 0.25) is 0 Å². The molecule has 0 radical (unpaired) electrons. The van der Waals surface area contributed by atoms with E-state index in [0.29, 0.717) is 18.1 Å². The lowest BCUT2D eigenvalue weighted by Gasteiger charge is -2.26. The second-order valence-electron chi connectivity index (χ2n) is 6.13. The largest absolute Gasteiger partial charge is 0.416 e. The molecule has 1 aromatic carbocycles. The fourth-order valence-corrected chi connectivity index (χ4v) is 2.69. The van der Waals surface area contributed by atoms with E-state index in [1.165, 1.54) is 6.07 Å². The molecule has 0 amide bonds. The third-order valence-corrected chi connectivity index (χ3v) is 4.07. The third kappa shape index (κ3) is 9.11. The summed E-state index contributed by atoms with van der Waals surface area (Å²) >= 11 is 0. The van der Waals surface area contributed by atoms with Gasteiger partial charge in [-0.05, 0) is 37.6 Å². The maximum Gasteiger partial charge on any atom is 0.416 e. The minimum Gasteiger partial charge on any atom is -0.379 e. The minimum atomic E-state index is -4.33. The molecule has 0 spiro atoms. The van der Waals surface area contributed by atoms with Crippen LogP contribution in [0.4, 0.5) is 13.2 Å². The van der Waals surface area contributed by atoms with Gasteiger partial charge < -0.3 is 15.4 Å². The maximum atomic E-state index is 12.8. The van der Waals surface area contributed by atoms with Gasteiger partial charge in [-0.3, -0.25) is 4.90 Å². The molecule has 0 saturated carbocycles. The van der Waals surface area contributed by atoms with Gasteiger partial charge in [-0.25, -0.2) is 4.99 Å². The van der Waals surface area contributed by atoms with Crippen molar-refractivity contribution in [1.82, 2.24) is 15.5 Å². The smallest absolute Gasteiger partial charge is 0.379 e. The van der Waals surface area contributed by atoms with E-state index in [0.717, 1.165) is 57.9 Å². The second kappa shape index (κ2) is 12.4. The number of morpholine rings is 1. The zero-order chi connectivity index (χ0) is 18.8. The van der Waals surface area contributed by atoms with Crippen LogP contribution in [0.15, 0.2) is 29.3 Å². The number of hydrogen-bond acceptors (Lipinski definition) is 3. The van der Waals surface area contributed by atoms with Gasteiger partial charge in [0.15, 0.2) is 5.96 Å². The Hall–Kier alpha value is -1.07. The summed E-state index contributed by atoms with van der Waals surface area (Å²) in [5.74, 6) is 0.617. The van der Waals surface area contributed by atoms with Crippen LogP contribution in [0.1, 0.15) is 24.5 Å². The first-order valence-electron chi connectivity index (χ1n) is 8.97. The second-order valence-corrected chi connectivity index (χ2v) is 6.13. The van der Waals surface area contributed by atoms with Crippen molar-refractivity contribution in [3.05, 3.63) is 35.4 Å². The van der Waals surface area contributed by atoms with Crippen LogP contribution in [0, 0.1) is 0 Å². The molecule has 0 atom stereocenters. The normalized spacial score (nSPS) is 15.9. The van der Waals surface area contributed by atoms with Crippen LogP contribution in [0.25, 0.3) is 0 Å². The van der Waals surface area contributed by atoms with E-state index >= 15 is 0 Å². The van der Waals surface area contributed by atoms with E-state index in [-0.39, 0.29) is 30.5 Å². The summed E-state index contributed by atoms with van der Waals surface area (Å²) in [5, 5.41) is 6.35. The predicted molar refractivity (Wildman–Crippen MR) is 112 cm³/mol. The van der Waals surface area contributed by atoms with Crippen molar-refractivity contribution in [3.8, 4) is 0 Å². The van der Waals surface area contributed by atoms with Crippen molar-refractivity contribution in [1.29, 1.82) is 0 Å². The molecule has 0 bridgehead atoms. The molecule has 1 saturated heterocycles. The lowest BCUT2D eigenvalue weighted by atomic mass is 10.1. The molecular formula is C18H28F3IN4O. The highest BCUT2D eigenvalue weighted by Gasteiger charge is 2.30. The summed E-state index contributed by atoms with van der Waals surface area (Å²) < 4.78 is 43.6. The van der Waals surface area contributed by atoms with Crippen LogP contribution in [0.5, 0.6) is 0 Å². The molecule has 2 N–H and O–H groups in total. The summed E-state index contributed by atoms with van der Waals surface area (Å²) in [6.07, 6.45) is -3.37. The molecule has 5 nitrogen and oxygen atoms in total. The molecule has 2 rings (SSSR count). The van der Waals surface area contributed by atoms with Gasteiger partial charge in [-0.2, -0.15) is 13.2 Å². The fourth-order valence-electron chi connectivity index (χ4n) is 2.69. The predicted octanol–water partition coefficient (Wildman–Crippen LogP) is 3.10. The Morgan fingerprint density at radius 1 is 1.22 bits per heavy atom. The molecular weight excluding hydrogens is 472 g/mol. The molecule has 0 aliphatic carbocycles. The van der Waals surface area contributed by atoms with Gasteiger partial charge in [0.1, 0.15) is 0 Å². The van der Waals surface area contributed by atoms with Gasteiger partial charge in [-0.15, -0.1) is 24.0 Å². The van der Waals surface area contributed by atoms with Gasteiger partial charge in [-0.1, -0.05) is 12.1 Å². The lowest BCUT2D eigenvalue weighted by molar-refractivity contribution is -0.137. The van der Waals surface area contributed by atoms with Crippen molar-refractivity contribution in [2.45, 2.75) is 26.1 Å². The van der Waals surface area contributed by atoms with E-state index in [1.807, 2.05) is 6.92 Å². The summed E-state index contributed by atoms with van der Waals surface area (Å²) in [4.78, 5) is 6.74. The van der Waals surface area contributed by atoms with Crippen LogP contribution in [0.3, 0.4) is 0 Å². The van der Waals surface area contributed by atoms with E-state index in [1.54, 1.807) is 6.07 Å². The third-order valence-electron chi connectivity index (χ3n) is 4.07. The number of aliphatic imine (C=N–C) groups is 1. The Balaban J connectivity index is 0.00000364. The van der Waals surface area contributed by atoms with E-state index in [9.17, 15) is 13.2 Å². The van der Waals surface area contributed by atoms with E-state index < -0.39 is 11.7 Å². The summed E-state index contributed by atoms with van der Waals surface area (Å²) in [5.41, 5.74) is -0.112. The number of hydrogen-bond donors (Lipinski definition) is 2. The number of halogens is 4. The molecule has 154 valence electrons. The van der Waals surface area contributed by atoms with Crippen LogP contribution in [-0.4, -0.2) is 56.8 Å². The summed E-state index contributed by atoms with van der Waals surface area (Å²) in [6.45, 7) is 8.08. The van der Waals surface area contributed by atoms with E-state index in [4.69, 9.17) is 4.74 Å². The summed E-state index contributed by atoms with van der Waals surface area (Å²) in [7, 11) is 0.